The Kier molecular flexibility index (Phi) is 2.15. The second-order valence-corrected chi connectivity index (χ2v) is 4.41. The summed E-state index contributed by atoms with van der Waals surface area (Å²) in [5.41, 5.74) is 1.26. The van der Waals surface area contributed by atoms with Crippen molar-refractivity contribution in [2.75, 3.05) is 13.1 Å². The SMILES string of the molecule is Cc1noc(C2=CC(C)(C)CNC2)n1. The second-order valence-electron chi connectivity index (χ2n) is 4.41. The molecule has 1 N–H and O–H groups in total. The highest BCUT2D eigenvalue weighted by Gasteiger charge is 2.23. The Morgan fingerprint density at radius 3 is 2.86 bits per heavy atom. The topological polar surface area (TPSA) is 51.0 Å². The molecule has 2 rings (SSSR count). The van der Waals surface area contributed by atoms with Crippen molar-refractivity contribution in [2.45, 2.75) is 20.8 Å². The zero-order chi connectivity index (χ0) is 10.2. The first-order chi connectivity index (χ1) is 6.57. The third-order valence-electron chi connectivity index (χ3n) is 2.26. The molecule has 1 aromatic rings. The molecule has 0 saturated carbocycles. The molecule has 0 spiro atoms. The maximum absolute atomic E-state index is 5.13. The molecule has 0 saturated heterocycles. The summed E-state index contributed by atoms with van der Waals surface area (Å²) in [5.74, 6) is 1.33. The van der Waals surface area contributed by atoms with Gasteiger partial charge in [0.25, 0.3) is 5.89 Å². The van der Waals surface area contributed by atoms with Gasteiger partial charge in [0.2, 0.25) is 0 Å². The molecule has 4 heteroatoms. The summed E-state index contributed by atoms with van der Waals surface area (Å²) in [6.07, 6.45) is 2.20. The Balaban J connectivity index is 2.30. The van der Waals surface area contributed by atoms with Crippen LogP contribution in [0.1, 0.15) is 25.6 Å². The molecule has 76 valence electrons. The monoisotopic (exact) mass is 193 g/mol. The summed E-state index contributed by atoms with van der Waals surface area (Å²) in [6.45, 7) is 7.99. The number of nitrogens with one attached hydrogen (secondary N) is 1. The fourth-order valence-corrected chi connectivity index (χ4v) is 1.66. The van der Waals surface area contributed by atoms with Gasteiger partial charge >= 0.3 is 0 Å². The highest BCUT2D eigenvalue weighted by Crippen LogP contribution is 2.25. The molecular formula is C10H15N3O. The van der Waals surface area contributed by atoms with E-state index in [0.717, 1.165) is 18.7 Å². The van der Waals surface area contributed by atoms with Gasteiger partial charge in [0, 0.05) is 18.7 Å². The van der Waals surface area contributed by atoms with E-state index in [4.69, 9.17) is 4.52 Å². The van der Waals surface area contributed by atoms with E-state index in [1.54, 1.807) is 0 Å². The van der Waals surface area contributed by atoms with Crippen molar-refractivity contribution in [3.05, 3.63) is 17.8 Å². The van der Waals surface area contributed by atoms with Crippen LogP contribution >= 0.6 is 0 Å². The van der Waals surface area contributed by atoms with Gasteiger partial charge in [-0.25, -0.2) is 0 Å². The molecule has 14 heavy (non-hydrogen) atoms. The highest BCUT2D eigenvalue weighted by atomic mass is 16.5. The third-order valence-corrected chi connectivity index (χ3v) is 2.26. The maximum atomic E-state index is 5.13. The molecule has 0 aromatic carbocycles. The normalized spacial score (nSPS) is 20.6. The van der Waals surface area contributed by atoms with Crippen LogP contribution in [-0.2, 0) is 0 Å². The lowest BCUT2D eigenvalue weighted by Crippen LogP contribution is -2.34. The van der Waals surface area contributed by atoms with Crippen molar-refractivity contribution in [3.63, 3.8) is 0 Å². The Morgan fingerprint density at radius 1 is 1.50 bits per heavy atom. The van der Waals surface area contributed by atoms with E-state index < -0.39 is 0 Å². The minimum Gasteiger partial charge on any atom is -0.334 e. The van der Waals surface area contributed by atoms with Gasteiger partial charge in [-0.2, -0.15) is 4.98 Å². The van der Waals surface area contributed by atoms with Gasteiger partial charge in [0.15, 0.2) is 5.82 Å². The summed E-state index contributed by atoms with van der Waals surface area (Å²) in [6, 6.07) is 0. The molecule has 2 heterocycles. The smallest absolute Gasteiger partial charge is 0.254 e. The highest BCUT2D eigenvalue weighted by molar-refractivity contribution is 5.61. The van der Waals surface area contributed by atoms with Crippen LogP contribution in [0.4, 0.5) is 0 Å². The van der Waals surface area contributed by atoms with Gasteiger partial charge in [-0.3, -0.25) is 0 Å². The van der Waals surface area contributed by atoms with Gasteiger partial charge < -0.3 is 9.84 Å². The van der Waals surface area contributed by atoms with Crippen molar-refractivity contribution in [1.82, 2.24) is 15.5 Å². The quantitative estimate of drug-likeness (QED) is 0.732. The third kappa shape index (κ3) is 1.85. The summed E-state index contributed by atoms with van der Waals surface area (Å²) in [7, 11) is 0. The fourth-order valence-electron chi connectivity index (χ4n) is 1.66. The summed E-state index contributed by atoms with van der Waals surface area (Å²) in [5, 5.41) is 7.12. The zero-order valence-electron chi connectivity index (χ0n) is 8.79. The number of aromatic nitrogens is 2. The summed E-state index contributed by atoms with van der Waals surface area (Å²) >= 11 is 0. The molecule has 0 amide bonds. The van der Waals surface area contributed by atoms with E-state index in [1.165, 1.54) is 0 Å². The average Bonchev–Trinajstić information content (AvgIpc) is 2.50. The number of hydrogen-bond acceptors (Lipinski definition) is 4. The molecule has 0 fully saturated rings. The molecular weight excluding hydrogens is 178 g/mol. The molecule has 0 atom stereocenters. The van der Waals surface area contributed by atoms with Crippen molar-refractivity contribution >= 4 is 5.57 Å². The maximum Gasteiger partial charge on any atom is 0.254 e. The van der Waals surface area contributed by atoms with Crippen LogP contribution in [0, 0.1) is 12.3 Å². The van der Waals surface area contributed by atoms with Gasteiger partial charge in [0.05, 0.1) is 0 Å². The standard InChI is InChI=1S/C10H15N3O/c1-7-12-9(14-13-7)8-4-10(2,3)6-11-5-8/h4,11H,5-6H2,1-3H3. The van der Waals surface area contributed by atoms with E-state index in [1.807, 2.05) is 6.92 Å². The van der Waals surface area contributed by atoms with Crippen LogP contribution < -0.4 is 5.32 Å². The van der Waals surface area contributed by atoms with E-state index >= 15 is 0 Å². The van der Waals surface area contributed by atoms with Crippen LogP contribution in [0.25, 0.3) is 5.57 Å². The Hall–Kier alpha value is -1.16. The lowest BCUT2D eigenvalue weighted by atomic mass is 9.88. The van der Waals surface area contributed by atoms with E-state index in [0.29, 0.717) is 11.7 Å². The number of nitrogens with zero attached hydrogens (tertiary/aromatic N) is 2. The Morgan fingerprint density at radius 2 is 2.29 bits per heavy atom. The molecule has 0 radical (unpaired) electrons. The second kappa shape index (κ2) is 3.20. The Labute approximate surface area is 83.4 Å². The first kappa shape index (κ1) is 9.40. The first-order valence-electron chi connectivity index (χ1n) is 4.80. The molecule has 0 bridgehead atoms. The van der Waals surface area contributed by atoms with Gasteiger partial charge in [0.1, 0.15) is 0 Å². The molecule has 1 aliphatic heterocycles. The summed E-state index contributed by atoms with van der Waals surface area (Å²) < 4.78 is 5.13. The minimum atomic E-state index is 0.163. The molecule has 0 aliphatic carbocycles. The molecule has 4 nitrogen and oxygen atoms in total. The fraction of sp³-hybridized carbons (Fsp3) is 0.600. The van der Waals surface area contributed by atoms with Crippen LogP contribution in [0.5, 0.6) is 0 Å². The van der Waals surface area contributed by atoms with Crippen LogP contribution in [0.3, 0.4) is 0 Å². The zero-order valence-corrected chi connectivity index (χ0v) is 8.79. The largest absolute Gasteiger partial charge is 0.334 e. The van der Waals surface area contributed by atoms with Gasteiger partial charge in [-0.1, -0.05) is 25.1 Å². The number of aryl methyl sites for hydroxylation is 1. The lowest BCUT2D eigenvalue weighted by Gasteiger charge is -2.26. The van der Waals surface area contributed by atoms with Crippen LogP contribution in [0.15, 0.2) is 10.6 Å². The van der Waals surface area contributed by atoms with E-state index in [9.17, 15) is 0 Å². The van der Waals surface area contributed by atoms with E-state index in [2.05, 4.69) is 35.4 Å². The molecule has 1 aliphatic rings. The van der Waals surface area contributed by atoms with E-state index in [-0.39, 0.29) is 5.41 Å². The van der Waals surface area contributed by atoms with Crippen molar-refractivity contribution in [3.8, 4) is 0 Å². The van der Waals surface area contributed by atoms with Gasteiger partial charge in [-0.15, -0.1) is 0 Å². The number of rotatable bonds is 1. The summed E-state index contributed by atoms with van der Waals surface area (Å²) in [4.78, 5) is 4.21. The predicted octanol–water partition coefficient (Wildman–Crippen LogP) is 1.39. The molecule has 1 aromatic heterocycles. The first-order valence-corrected chi connectivity index (χ1v) is 4.80. The minimum absolute atomic E-state index is 0.163. The predicted molar refractivity (Wildman–Crippen MR) is 53.7 cm³/mol. The molecule has 0 unspecified atom stereocenters. The Bertz CT molecular complexity index is 365. The van der Waals surface area contributed by atoms with Crippen LogP contribution in [0.2, 0.25) is 0 Å². The van der Waals surface area contributed by atoms with Crippen LogP contribution in [-0.4, -0.2) is 23.2 Å². The van der Waals surface area contributed by atoms with Crippen molar-refractivity contribution in [2.24, 2.45) is 5.41 Å². The lowest BCUT2D eigenvalue weighted by molar-refractivity contribution is 0.389. The van der Waals surface area contributed by atoms with Crippen molar-refractivity contribution in [1.29, 1.82) is 0 Å². The average molecular weight is 193 g/mol. The van der Waals surface area contributed by atoms with Crippen molar-refractivity contribution < 1.29 is 4.52 Å². The van der Waals surface area contributed by atoms with Gasteiger partial charge in [-0.05, 0) is 12.3 Å². The number of hydrogen-bond donors (Lipinski definition) is 1.